The van der Waals surface area contributed by atoms with Gasteiger partial charge in [0.25, 0.3) is 0 Å². The minimum atomic E-state index is -0.570. The van der Waals surface area contributed by atoms with Crippen LogP contribution in [0, 0.1) is 12.7 Å². The zero-order valence-corrected chi connectivity index (χ0v) is 16.5. The summed E-state index contributed by atoms with van der Waals surface area (Å²) in [6, 6.07) is 8.13. The molecule has 3 aromatic rings. The van der Waals surface area contributed by atoms with Gasteiger partial charge in [-0.05, 0) is 37.3 Å². The summed E-state index contributed by atoms with van der Waals surface area (Å²) in [6.45, 7) is 3.73. The van der Waals surface area contributed by atoms with Gasteiger partial charge in [0.15, 0.2) is 0 Å². The van der Waals surface area contributed by atoms with E-state index in [2.05, 4.69) is 15.3 Å². The van der Waals surface area contributed by atoms with E-state index >= 15 is 0 Å². The summed E-state index contributed by atoms with van der Waals surface area (Å²) in [4.78, 5) is 33.0. The lowest BCUT2D eigenvalue weighted by Crippen LogP contribution is -2.33. The number of benzene rings is 1. The summed E-state index contributed by atoms with van der Waals surface area (Å²) in [5.74, 6) is 0.00253. The van der Waals surface area contributed by atoms with E-state index in [1.165, 1.54) is 17.9 Å². The van der Waals surface area contributed by atoms with Crippen LogP contribution in [0.15, 0.2) is 49.1 Å². The number of hydrogen-bond acceptors (Lipinski definition) is 5. The van der Waals surface area contributed by atoms with E-state index in [9.17, 15) is 14.0 Å². The predicted molar refractivity (Wildman–Crippen MR) is 108 cm³/mol. The Labute approximate surface area is 172 Å². The van der Waals surface area contributed by atoms with E-state index in [4.69, 9.17) is 4.74 Å². The number of amides is 2. The number of halogens is 1. The van der Waals surface area contributed by atoms with Crippen LogP contribution in [-0.2, 0) is 9.53 Å². The number of pyridine rings is 1. The highest BCUT2D eigenvalue weighted by Crippen LogP contribution is 2.29. The van der Waals surface area contributed by atoms with Crippen LogP contribution in [0.3, 0.4) is 0 Å². The summed E-state index contributed by atoms with van der Waals surface area (Å²) in [5, 5.41) is 2.61. The fourth-order valence-corrected chi connectivity index (χ4v) is 3.25. The van der Waals surface area contributed by atoms with Gasteiger partial charge in [-0.15, -0.1) is 0 Å². The molecule has 1 saturated heterocycles. The number of rotatable bonds is 5. The monoisotopic (exact) mass is 409 g/mol. The molecule has 8 nitrogen and oxygen atoms in total. The van der Waals surface area contributed by atoms with Crippen LogP contribution in [0.4, 0.5) is 14.9 Å². The molecule has 1 fully saturated rings. The lowest BCUT2D eigenvalue weighted by Gasteiger charge is -2.14. The number of nitrogens with one attached hydrogen (secondary N) is 1. The molecular weight excluding hydrogens is 389 g/mol. The summed E-state index contributed by atoms with van der Waals surface area (Å²) < 4.78 is 21.8. The van der Waals surface area contributed by atoms with Gasteiger partial charge in [0.05, 0.1) is 24.5 Å². The predicted octanol–water partition coefficient (Wildman–Crippen LogP) is 2.84. The van der Waals surface area contributed by atoms with Crippen molar-refractivity contribution in [1.82, 2.24) is 19.9 Å². The second kappa shape index (κ2) is 7.94. The molecule has 0 saturated carbocycles. The molecule has 3 heterocycles. The largest absolute Gasteiger partial charge is 0.442 e. The molecule has 30 heavy (non-hydrogen) atoms. The topological polar surface area (TPSA) is 89.4 Å². The standard InChI is InChI=1S/C21H20FN5O3/c1-13-10-26(12-25-13)20-6-3-15(8-24-20)18-5-4-16(7-19(18)22)27-11-17(30-21(27)29)9-23-14(2)28/h3-8,10,12,17H,9,11H2,1-2H3,(H,23,28)/t17-/m0/s1. The van der Waals surface area contributed by atoms with Gasteiger partial charge in [-0.1, -0.05) is 0 Å². The number of anilines is 1. The Hall–Kier alpha value is -3.75. The number of aromatic nitrogens is 3. The maximum absolute atomic E-state index is 14.8. The number of carbonyl (C=O) groups excluding carboxylic acids is 2. The fraction of sp³-hybridized carbons (Fsp3) is 0.238. The van der Waals surface area contributed by atoms with Gasteiger partial charge in [0, 0.05) is 30.4 Å². The average molecular weight is 409 g/mol. The molecule has 0 aliphatic carbocycles. The average Bonchev–Trinajstić information content (AvgIpc) is 3.32. The Morgan fingerprint density at radius 2 is 2.13 bits per heavy atom. The number of cyclic esters (lactones) is 1. The fourth-order valence-electron chi connectivity index (χ4n) is 3.25. The van der Waals surface area contributed by atoms with Gasteiger partial charge in [-0.3, -0.25) is 14.3 Å². The first-order chi connectivity index (χ1) is 14.4. The SMILES string of the molecule is CC(=O)NC[C@H]1CN(c2ccc(-c3ccc(-n4cnc(C)c4)nc3)c(F)c2)C(=O)O1. The Morgan fingerprint density at radius 3 is 2.77 bits per heavy atom. The van der Waals surface area contributed by atoms with E-state index in [1.54, 1.807) is 41.4 Å². The number of ether oxygens (including phenoxy) is 1. The third-order valence-electron chi connectivity index (χ3n) is 4.75. The maximum atomic E-state index is 14.8. The number of carbonyl (C=O) groups is 2. The number of nitrogens with zero attached hydrogens (tertiary/aromatic N) is 4. The highest BCUT2D eigenvalue weighted by Gasteiger charge is 2.32. The van der Waals surface area contributed by atoms with Crippen molar-refractivity contribution in [2.75, 3.05) is 18.0 Å². The zero-order valence-electron chi connectivity index (χ0n) is 16.5. The van der Waals surface area contributed by atoms with E-state index < -0.39 is 18.0 Å². The lowest BCUT2D eigenvalue weighted by molar-refractivity contribution is -0.119. The minimum absolute atomic E-state index is 0.206. The molecule has 0 spiro atoms. The highest BCUT2D eigenvalue weighted by molar-refractivity contribution is 5.90. The minimum Gasteiger partial charge on any atom is -0.442 e. The molecule has 1 atom stereocenters. The van der Waals surface area contributed by atoms with Crippen molar-refractivity contribution in [1.29, 1.82) is 0 Å². The van der Waals surface area contributed by atoms with Gasteiger partial charge in [0.1, 0.15) is 24.1 Å². The molecule has 1 aromatic carbocycles. The van der Waals surface area contributed by atoms with E-state index in [-0.39, 0.29) is 19.0 Å². The van der Waals surface area contributed by atoms with Crippen LogP contribution in [-0.4, -0.2) is 45.7 Å². The first-order valence-corrected chi connectivity index (χ1v) is 9.40. The number of imidazole rings is 1. The molecule has 1 aliphatic rings. The third kappa shape index (κ3) is 4.00. The van der Waals surface area contributed by atoms with Gasteiger partial charge >= 0.3 is 6.09 Å². The van der Waals surface area contributed by atoms with E-state index in [0.717, 1.165) is 5.69 Å². The summed E-state index contributed by atoms with van der Waals surface area (Å²) >= 11 is 0. The first kappa shape index (κ1) is 19.6. The van der Waals surface area contributed by atoms with Crippen molar-refractivity contribution in [2.24, 2.45) is 0 Å². The number of aryl methyl sites for hydroxylation is 1. The second-order valence-corrected chi connectivity index (χ2v) is 7.05. The van der Waals surface area contributed by atoms with Gasteiger partial charge in [-0.25, -0.2) is 19.2 Å². The van der Waals surface area contributed by atoms with E-state index in [1.807, 2.05) is 13.1 Å². The van der Waals surface area contributed by atoms with Crippen molar-refractivity contribution in [3.63, 3.8) is 0 Å². The van der Waals surface area contributed by atoms with Crippen LogP contribution in [0.1, 0.15) is 12.6 Å². The van der Waals surface area contributed by atoms with Gasteiger partial charge in [-0.2, -0.15) is 0 Å². The van der Waals surface area contributed by atoms with Crippen molar-refractivity contribution in [3.8, 4) is 16.9 Å². The van der Waals surface area contributed by atoms with Crippen molar-refractivity contribution >= 4 is 17.7 Å². The van der Waals surface area contributed by atoms with Crippen LogP contribution in [0.2, 0.25) is 0 Å². The molecule has 1 N–H and O–H groups in total. The Bertz CT molecular complexity index is 1100. The second-order valence-electron chi connectivity index (χ2n) is 7.05. The third-order valence-corrected chi connectivity index (χ3v) is 4.75. The molecule has 0 unspecified atom stereocenters. The number of hydrogen-bond donors (Lipinski definition) is 1. The maximum Gasteiger partial charge on any atom is 0.414 e. The molecule has 4 rings (SSSR count). The van der Waals surface area contributed by atoms with Crippen molar-refractivity contribution in [2.45, 2.75) is 20.0 Å². The molecule has 2 aromatic heterocycles. The van der Waals surface area contributed by atoms with Crippen LogP contribution >= 0.6 is 0 Å². The molecule has 9 heteroatoms. The van der Waals surface area contributed by atoms with Crippen LogP contribution in [0.5, 0.6) is 0 Å². The quantitative estimate of drug-likeness (QED) is 0.700. The van der Waals surface area contributed by atoms with E-state index in [0.29, 0.717) is 22.6 Å². The molecule has 154 valence electrons. The normalized spacial score (nSPS) is 15.9. The van der Waals surface area contributed by atoms with Crippen LogP contribution < -0.4 is 10.2 Å². The smallest absolute Gasteiger partial charge is 0.414 e. The highest BCUT2D eigenvalue weighted by atomic mass is 19.1. The summed E-state index contributed by atoms with van der Waals surface area (Å²) in [7, 11) is 0. The van der Waals surface area contributed by atoms with Gasteiger partial charge in [0.2, 0.25) is 5.91 Å². The van der Waals surface area contributed by atoms with Crippen LogP contribution in [0.25, 0.3) is 16.9 Å². The molecule has 0 bridgehead atoms. The molecular formula is C21H20FN5O3. The molecule has 1 aliphatic heterocycles. The lowest BCUT2D eigenvalue weighted by atomic mass is 10.1. The zero-order chi connectivity index (χ0) is 21.3. The molecule has 2 amide bonds. The van der Waals surface area contributed by atoms with Gasteiger partial charge < -0.3 is 10.1 Å². The Balaban J connectivity index is 1.51. The summed E-state index contributed by atoms with van der Waals surface area (Å²) in [5.41, 5.74) is 2.27. The molecule has 0 radical (unpaired) electrons. The Morgan fingerprint density at radius 1 is 1.30 bits per heavy atom. The van der Waals surface area contributed by atoms with Crippen molar-refractivity contribution in [3.05, 3.63) is 60.6 Å². The first-order valence-electron chi connectivity index (χ1n) is 9.40. The summed E-state index contributed by atoms with van der Waals surface area (Å²) in [6.07, 6.45) is 4.06. The van der Waals surface area contributed by atoms with Crippen molar-refractivity contribution < 1.29 is 18.7 Å². The Kier molecular flexibility index (Phi) is 5.18.